The van der Waals surface area contributed by atoms with Crippen LogP contribution in [-0.4, -0.2) is 91.0 Å². The number of ether oxygens (including phenoxy) is 2. The van der Waals surface area contributed by atoms with Crippen molar-refractivity contribution in [1.82, 2.24) is 25.0 Å². The van der Waals surface area contributed by atoms with Gasteiger partial charge in [0.1, 0.15) is 11.6 Å². The number of anilines is 1. The fourth-order valence-corrected chi connectivity index (χ4v) is 4.91. The molecule has 1 aliphatic rings. The number of piperidine rings is 1. The number of nitrogens with one attached hydrogen (secondary N) is 1. The first-order valence-corrected chi connectivity index (χ1v) is 12.3. The van der Waals surface area contributed by atoms with Crippen LogP contribution in [0.15, 0.2) is 55.0 Å². The summed E-state index contributed by atoms with van der Waals surface area (Å²) < 4.78 is 10.7. The van der Waals surface area contributed by atoms with Crippen molar-refractivity contribution < 1.29 is 14.3 Å². The molecule has 4 rings (SSSR count). The zero-order valence-corrected chi connectivity index (χ0v) is 21.4. The third kappa shape index (κ3) is 6.10. The molecule has 0 saturated carbocycles. The monoisotopic (exact) mass is 492 g/mol. The number of amides is 1. The molecule has 2 aromatic heterocycles. The second kappa shape index (κ2) is 12.1. The molecule has 0 unspecified atom stereocenters. The molecule has 36 heavy (non-hydrogen) atoms. The zero-order valence-electron chi connectivity index (χ0n) is 21.4. The van der Waals surface area contributed by atoms with Crippen LogP contribution >= 0.6 is 0 Å². The maximum absolute atomic E-state index is 12.3. The van der Waals surface area contributed by atoms with Gasteiger partial charge >= 0.3 is 0 Å². The van der Waals surface area contributed by atoms with Crippen LogP contribution in [0.5, 0.6) is 5.75 Å². The summed E-state index contributed by atoms with van der Waals surface area (Å²) in [6.45, 7) is 4.86. The van der Waals surface area contributed by atoms with E-state index < -0.39 is 0 Å². The summed E-state index contributed by atoms with van der Waals surface area (Å²) in [6.07, 6.45) is 8.15. The lowest BCUT2D eigenvalue weighted by Gasteiger charge is -2.49. The topological polar surface area (TPSA) is 86.8 Å². The molecule has 9 heteroatoms. The highest BCUT2D eigenvalue weighted by Gasteiger charge is 2.40. The van der Waals surface area contributed by atoms with Crippen molar-refractivity contribution in [3.05, 3.63) is 60.6 Å². The molecule has 1 amide bonds. The standard InChI is InChI=1S/C27H36N6O3/c1-31(19-22-5-4-6-25(15-22)36-3)27(9-11-32(12-10-27)13-14-35-2)20-33(21-34)26-8-7-23(16-28-26)24-17-29-30-18-24/h4-8,15-18,21H,9-14,19-20H2,1-3H3,(H,29,30). The van der Waals surface area contributed by atoms with E-state index in [2.05, 4.69) is 44.2 Å². The van der Waals surface area contributed by atoms with Crippen LogP contribution in [0.1, 0.15) is 18.4 Å². The van der Waals surface area contributed by atoms with Crippen LogP contribution in [-0.2, 0) is 16.1 Å². The summed E-state index contributed by atoms with van der Waals surface area (Å²) in [4.78, 5) is 23.5. The Kier molecular flexibility index (Phi) is 8.69. The Morgan fingerprint density at radius 2 is 1.97 bits per heavy atom. The number of nitrogens with zero attached hydrogens (tertiary/aromatic N) is 5. The van der Waals surface area contributed by atoms with E-state index >= 15 is 0 Å². The van der Waals surface area contributed by atoms with Crippen LogP contribution in [0.25, 0.3) is 11.1 Å². The van der Waals surface area contributed by atoms with Crippen LogP contribution < -0.4 is 9.64 Å². The second-order valence-electron chi connectivity index (χ2n) is 9.39. The Morgan fingerprint density at radius 3 is 2.61 bits per heavy atom. The van der Waals surface area contributed by atoms with E-state index in [4.69, 9.17) is 9.47 Å². The lowest BCUT2D eigenvalue weighted by molar-refractivity contribution is -0.108. The van der Waals surface area contributed by atoms with Crippen molar-refractivity contribution in [1.29, 1.82) is 0 Å². The molecule has 1 fully saturated rings. The van der Waals surface area contributed by atoms with Crippen molar-refractivity contribution >= 4 is 12.2 Å². The summed E-state index contributed by atoms with van der Waals surface area (Å²) in [5.74, 6) is 1.49. The van der Waals surface area contributed by atoms with Gasteiger partial charge in [-0.15, -0.1) is 0 Å². The number of H-pyrrole nitrogens is 1. The van der Waals surface area contributed by atoms with Crippen LogP contribution in [0.3, 0.4) is 0 Å². The Morgan fingerprint density at radius 1 is 1.14 bits per heavy atom. The number of carbonyl (C=O) groups is 1. The van der Waals surface area contributed by atoms with Gasteiger partial charge in [-0.05, 0) is 49.7 Å². The number of methoxy groups -OCH3 is 2. The molecule has 0 aliphatic carbocycles. The Bertz CT molecular complexity index is 1080. The summed E-state index contributed by atoms with van der Waals surface area (Å²) in [5, 5.41) is 6.83. The van der Waals surface area contributed by atoms with Crippen molar-refractivity contribution in [3.8, 4) is 16.9 Å². The Hall–Kier alpha value is -3.27. The summed E-state index contributed by atoms with van der Waals surface area (Å²) in [5.41, 5.74) is 2.90. The number of likely N-dealkylation sites (N-methyl/N-ethyl adjacent to an activating group) is 1. The highest BCUT2D eigenvalue weighted by Crippen LogP contribution is 2.32. The molecule has 3 aromatic rings. The van der Waals surface area contributed by atoms with Gasteiger partial charge in [-0.3, -0.25) is 19.7 Å². The van der Waals surface area contributed by atoms with E-state index in [1.54, 1.807) is 31.5 Å². The van der Waals surface area contributed by atoms with Crippen LogP contribution in [0, 0.1) is 0 Å². The molecular formula is C27H36N6O3. The molecule has 3 heterocycles. The zero-order chi connectivity index (χ0) is 25.4. The quantitative estimate of drug-likeness (QED) is 0.389. The highest BCUT2D eigenvalue weighted by molar-refractivity contribution is 5.74. The minimum absolute atomic E-state index is 0.196. The lowest BCUT2D eigenvalue weighted by atomic mass is 9.84. The number of aromatic amines is 1. The highest BCUT2D eigenvalue weighted by atomic mass is 16.5. The van der Waals surface area contributed by atoms with Gasteiger partial charge in [0, 0.05) is 68.9 Å². The lowest BCUT2D eigenvalue weighted by Crippen LogP contribution is -2.59. The molecule has 1 aromatic carbocycles. The van der Waals surface area contributed by atoms with E-state index in [1.807, 2.05) is 30.5 Å². The number of hydrogen-bond acceptors (Lipinski definition) is 7. The molecule has 1 saturated heterocycles. The first kappa shape index (κ1) is 25.8. The molecule has 1 aliphatic heterocycles. The van der Waals surface area contributed by atoms with E-state index in [1.165, 1.54) is 5.56 Å². The summed E-state index contributed by atoms with van der Waals surface area (Å²) >= 11 is 0. The van der Waals surface area contributed by atoms with E-state index in [-0.39, 0.29) is 5.54 Å². The first-order chi connectivity index (χ1) is 17.6. The molecular weight excluding hydrogens is 456 g/mol. The molecule has 0 atom stereocenters. The maximum atomic E-state index is 12.3. The molecule has 0 spiro atoms. The maximum Gasteiger partial charge on any atom is 0.215 e. The van der Waals surface area contributed by atoms with E-state index in [0.29, 0.717) is 12.4 Å². The predicted octanol–water partition coefficient (Wildman–Crippen LogP) is 3.06. The van der Waals surface area contributed by atoms with Crippen molar-refractivity contribution in [3.63, 3.8) is 0 Å². The van der Waals surface area contributed by atoms with E-state index in [0.717, 1.165) is 68.9 Å². The average Bonchev–Trinajstić information content (AvgIpc) is 3.47. The Balaban J connectivity index is 1.54. The van der Waals surface area contributed by atoms with Gasteiger partial charge < -0.3 is 14.4 Å². The third-order valence-corrected chi connectivity index (χ3v) is 7.23. The SMILES string of the molecule is COCCN1CCC(CN(C=O)c2ccc(-c3cn[nH]c3)cn2)(N(C)Cc2cccc(OC)c2)CC1. The first-order valence-electron chi connectivity index (χ1n) is 12.3. The Labute approximate surface area is 213 Å². The number of carbonyl (C=O) groups excluding carboxylic acids is 1. The minimum Gasteiger partial charge on any atom is -0.497 e. The third-order valence-electron chi connectivity index (χ3n) is 7.23. The van der Waals surface area contributed by atoms with Gasteiger partial charge in [0.2, 0.25) is 6.41 Å². The number of aromatic nitrogens is 3. The van der Waals surface area contributed by atoms with Gasteiger partial charge in [-0.1, -0.05) is 12.1 Å². The van der Waals surface area contributed by atoms with Crippen molar-refractivity contribution in [2.75, 3.05) is 59.0 Å². The van der Waals surface area contributed by atoms with Gasteiger partial charge in [0.15, 0.2) is 0 Å². The predicted molar refractivity (Wildman–Crippen MR) is 140 cm³/mol. The van der Waals surface area contributed by atoms with E-state index in [9.17, 15) is 4.79 Å². The summed E-state index contributed by atoms with van der Waals surface area (Å²) in [7, 11) is 5.58. The normalized spacial score (nSPS) is 15.7. The smallest absolute Gasteiger partial charge is 0.215 e. The van der Waals surface area contributed by atoms with Crippen LogP contribution in [0.2, 0.25) is 0 Å². The molecule has 192 valence electrons. The largest absolute Gasteiger partial charge is 0.497 e. The number of benzene rings is 1. The number of rotatable bonds is 12. The average molecular weight is 493 g/mol. The number of hydrogen-bond donors (Lipinski definition) is 1. The van der Waals surface area contributed by atoms with Crippen LogP contribution in [0.4, 0.5) is 5.82 Å². The van der Waals surface area contributed by atoms with Gasteiger partial charge in [0.05, 0.1) is 19.9 Å². The molecule has 1 N–H and O–H groups in total. The van der Waals surface area contributed by atoms with Gasteiger partial charge in [-0.25, -0.2) is 4.98 Å². The molecule has 0 radical (unpaired) electrons. The fraction of sp³-hybridized carbons (Fsp3) is 0.444. The van der Waals surface area contributed by atoms with Crippen molar-refractivity contribution in [2.45, 2.75) is 24.9 Å². The fourth-order valence-electron chi connectivity index (χ4n) is 4.91. The number of pyridine rings is 1. The van der Waals surface area contributed by atoms with Gasteiger partial charge in [-0.2, -0.15) is 5.10 Å². The van der Waals surface area contributed by atoms with Crippen molar-refractivity contribution in [2.24, 2.45) is 0 Å². The minimum atomic E-state index is -0.196. The molecule has 9 nitrogen and oxygen atoms in total. The second-order valence-corrected chi connectivity index (χ2v) is 9.39. The number of likely N-dealkylation sites (tertiary alicyclic amines) is 1. The van der Waals surface area contributed by atoms with Gasteiger partial charge in [0.25, 0.3) is 0 Å². The summed E-state index contributed by atoms with van der Waals surface area (Å²) in [6, 6.07) is 12.1. The molecule has 0 bridgehead atoms.